The molecule has 0 saturated carbocycles. The summed E-state index contributed by atoms with van der Waals surface area (Å²) in [5, 5.41) is 38.0. The average molecular weight is 254 g/mol. The second-order valence-corrected chi connectivity index (χ2v) is 4.85. The minimum absolute atomic E-state index is 0.0216. The SMILES string of the molecule is CCC(O)CC(C)C(CO)c1cc(O)cc(O)c1. The number of rotatable bonds is 6. The van der Waals surface area contributed by atoms with Crippen molar-refractivity contribution in [3.63, 3.8) is 0 Å². The fourth-order valence-electron chi connectivity index (χ4n) is 2.21. The molecule has 0 aliphatic heterocycles. The van der Waals surface area contributed by atoms with Crippen molar-refractivity contribution in [1.29, 1.82) is 0 Å². The average Bonchev–Trinajstić information content (AvgIpc) is 2.28. The molecule has 3 unspecified atom stereocenters. The van der Waals surface area contributed by atoms with Gasteiger partial charge in [-0.05, 0) is 36.5 Å². The van der Waals surface area contributed by atoms with Crippen molar-refractivity contribution in [2.24, 2.45) is 5.92 Å². The molecule has 102 valence electrons. The lowest BCUT2D eigenvalue weighted by Crippen LogP contribution is -2.19. The number of hydrogen-bond donors (Lipinski definition) is 4. The zero-order valence-electron chi connectivity index (χ0n) is 10.9. The molecule has 0 heterocycles. The second-order valence-electron chi connectivity index (χ2n) is 4.85. The van der Waals surface area contributed by atoms with Gasteiger partial charge in [0.15, 0.2) is 0 Å². The van der Waals surface area contributed by atoms with Crippen molar-refractivity contribution in [2.45, 2.75) is 38.7 Å². The first-order valence-corrected chi connectivity index (χ1v) is 6.29. The van der Waals surface area contributed by atoms with Crippen LogP contribution in [0.1, 0.15) is 38.2 Å². The molecule has 0 aliphatic rings. The fourth-order valence-corrected chi connectivity index (χ4v) is 2.21. The minimum Gasteiger partial charge on any atom is -0.508 e. The molecule has 1 aromatic rings. The van der Waals surface area contributed by atoms with Crippen LogP contribution in [0, 0.1) is 5.92 Å². The summed E-state index contributed by atoms with van der Waals surface area (Å²) in [6.07, 6.45) is 0.867. The quantitative estimate of drug-likeness (QED) is 0.625. The molecule has 0 aromatic heterocycles. The van der Waals surface area contributed by atoms with E-state index in [1.54, 1.807) is 0 Å². The van der Waals surface area contributed by atoms with Crippen LogP contribution in [0.4, 0.5) is 0 Å². The molecule has 0 bridgehead atoms. The van der Waals surface area contributed by atoms with Crippen molar-refractivity contribution in [3.8, 4) is 11.5 Å². The lowest BCUT2D eigenvalue weighted by molar-refractivity contribution is 0.123. The van der Waals surface area contributed by atoms with Gasteiger partial charge in [-0.3, -0.25) is 0 Å². The number of aromatic hydroxyl groups is 2. The third-order valence-electron chi connectivity index (χ3n) is 3.35. The Morgan fingerprint density at radius 3 is 2.11 bits per heavy atom. The largest absolute Gasteiger partial charge is 0.508 e. The van der Waals surface area contributed by atoms with Crippen LogP contribution in [-0.4, -0.2) is 33.1 Å². The molecule has 1 rings (SSSR count). The molecule has 18 heavy (non-hydrogen) atoms. The summed E-state index contributed by atoms with van der Waals surface area (Å²) in [7, 11) is 0. The number of aliphatic hydroxyl groups excluding tert-OH is 2. The van der Waals surface area contributed by atoms with Crippen molar-refractivity contribution in [1.82, 2.24) is 0 Å². The molecule has 0 radical (unpaired) electrons. The highest BCUT2D eigenvalue weighted by molar-refractivity contribution is 5.38. The Bertz CT molecular complexity index is 358. The van der Waals surface area contributed by atoms with Crippen LogP contribution >= 0.6 is 0 Å². The third-order valence-corrected chi connectivity index (χ3v) is 3.35. The normalized spacial score (nSPS) is 16.2. The van der Waals surface area contributed by atoms with E-state index in [-0.39, 0.29) is 36.0 Å². The Morgan fingerprint density at radius 2 is 1.67 bits per heavy atom. The van der Waals surface area contributed by atoms with Crippen LogP contribution in [-0.2, 0) is 0 Å². The topological polar surface area (TPSA) is 80.9 Å². The van der Waals surface area contributed by atoms with Gasteiger partial charge in [-0.2, -0.15) is 0 Å². The molecule has 0 saturated heterocycles. The van der Waals surface area contributed by atoms with Gasteiger partial charge in [-0.1, -0.05) is 13.8 Å². The summed E-state index contributed by atoms with van der Waals surface area (Å²) in [5.74, 6) is -0.186. The number of phenols is 2. The first-order chi connectivity index (χ1) is 8.47. The molecule has 0 amide bonds. The van der Waals surface area contributed by atoms with Gasteiger partial charge in [0.1, 0.15) is 11.5 Å². The summed E-state index contributed by atoms with van der Waals surface area (Å²) in [4.78, 5) is 0. The van der Waals surface area contributed by atoms with E-state index < -0.39 is 0 Å². The van der Waals surface area contributed by atoms with E-state index in [1.807, 2.05) is 13.8 Å². The summed E-state index contributed by atoms with van der Waals surface area (Å²) >= 11 is 0. The Labute approximate surface area is 108 Å². The van der Waals surface area contributed by atoms with Crippen LogP contribution < -0.4 is 0 Å². The van der Waals surface area contributed by atoms with E-state index >= 15 is 0 Å². The number of phenolic OH excluding ortho intramolecular Hbond substituents is 2. The zero-order valence-corrected chi connectivity index (χ0v) is 10.9. The predicted octanol–water partition coefficient (Wildman–Crippen LogP) is 1.97. The molecular formula is C14H22O4. The number of hydrogen-bond acceptors (Lipinski definition) is 4. The Hall–Kier alpha value is -1.26. The highest BCUT2D eigenvalue weighted by atomic mass is 16.3. The highest BCUT2D eigenvalue weighted by Gasteiger charge is 2.21. The van der Waals surface area contributed by atoms with E-state index in [4.69, 9.17) is 0 Å². The van der Waals surface area contributed by atoms with Crippen LogP contribution in [0.15, 0.2) is 18.2 Å². The molecule has 0 spiro atoms. The molecule has 4 heteroatoms. The first kappa shape index (κ1) is 14.8. The highest BCUT2D eigenvalue weighted by Crippen LogP contribution is 2.32. The molecule has 1 aromatic carbocycles. The monoisotopic (exact) mass is 254 g/mol. The lowest BCUT2D eigenvalue weighted by atomic mass is 9.84. The Morgan fingerprint density at radius 1 is 1.11 bits per heavy atom. The fraction of sp³-hybridized carbons (Fsp3) is 0.571. The zero-order chi connectivity index (χ0) is 13.7. The van der Waals surface area contributed by atoms with Gasteiger partial charge < -0.3 is 20.4 Å². The van der Waals surface area contributed by atoms with Gasteiger partial charge in [0.05, 0.1) is 12.7 Å². The van der Waals surface area contributed by atoms with Gasteiger partial charge in [0.25, 0.3) is 0 Å². The van der Waals surface area contributed by atoms with Crippen molar-refractivity contribution >= 4 is 0 Å². The van der Waals surface area contributed by atoms with E-state index in [1.165, 1.54) is 18.2 Å². The van der Waals surface area contributed by atoms with Gasteiger partial charge in [0, 0.05) is 12.0 Å². The van der Waals surface area contributed by atoms with Gasteiger partial charge in [0.2, 0.25) is 0 Å². The van der Waals surface area contributed by atoms with Crippen LogP contribution in [0.5, 0.6) is 11.5 Å². The first-order valence-electron chi connectivity index (χ1n) is 6.29. The maximum atomic E-state index is 9.65. The maximum Gasteiger partial charge on any atom is 0.119 e. The standard InChI is InChI=1S/C14H22O4/c1-3-11(16)4-9(2)14(8-15)10-5-12(17)7-13(18)6-10/h5-7,9,11,14-18H,3-4,8H2,1-2H3. The smallest absolute Gasteiger partial charge is 0.119 e. The predicted molar refractivity (Wildman–Crippen MR) is 69.7 cm³/mol. The van der Waals surface area contributed by atoms with Crippen LogP contribution in [0.2, 0.25) is 0 Å². The summed E-state index contributed by atoms with van der Waals surface area (Å²) in [6, 6.07) is 4.33. The Kier molecular flexibility index (Phi) is 5.44. The van der Waals surface area contributed by atoms with Gasteiger partial charge in [-0.25, -0.2) is 0 Å². The third kappa shape index (κ3) is 3.89. The molecule has 0 fully saturated rings. The van der Waals surface area contributed by atoms with Gasteiger partial charge >= 0.3 is 0 Å². The minimum atomic E-state index is -0.389. The maximum absolute atomic E-state index is 9.65. The Balaban J connectivity index is 2.87. The number of benzene rings is 1. The molecule has 4 N–H and O–H groups in total. The molecule has 3 atom stereocenters. The summed E-state index contributed by atoms with van der Waals surface area (Å²) in [6.45, 7) is 3.77. The van der Waals surface area contributed by atoms with E-state index in [0.717, 1.165) is 0 Å². The van der Waals surface area contributed by atoms with E-state index in [2.05, 4.69) is 0 Å². The van der Waals surface area contributed by atoms with Crippen LogP contribution in [0.3, 0.4) is 0 Å². The van der Waals surface area contributed by atoms with E-state index in [9.17, 15) is 20.4 Å². The molecule has 4 nitrogen and oxygen atoms in total. The van der Waals surface area contributed by atoms with E-state index in [0.29, 0.717) is 18.4 Å². The molecular weight excluding hydrogens is 232 g/mol. The summed E-state index contributed by atoms with van der Waals surface area (Å²) in [5.41, 5.74) is 0.686. The van der Waals surface area contributed by atoms with Crippen molar-refractivity contribution in [3.05, 3.63) is 23.8 Å². The van der Waals surface area contributed by atoms with Crippen molar-refractivity contribution < 1.29 is 20.4 Å². The van der Waals surface area contributed by atoms with Crippen molar-refractivity contribution in [2.75, 3.05) is 6.61 Å². The van der Waals surface area contributed by atoms with Crippen LogP contribution in [0.25, 0.3) is 0 Å². The van der Waals surface area contributed by atoms with Gasteiger partial charge in [-0.15, -0.1) is 0 Å². The second kappa shape index (κ2) is 6.61. The summed E-state index contributed by atoms with van der Waals surface area (Å²) < 4.78 is 0. The lowest BCUT2D eigenvalue weighted by Gasteiger charge is -2.24. The molecule has 0 aliphatic carbocycles. The number of aliphatic hydroxyl groups is 2.